The van der Waals surface area contributed by atoms with E-state index < -0.39 is 0 Å². The van der Waals surface area contributed by atoms with E-state index in [9.17, 15) is 9.59 Å². The Labute approximate surface area is 143 Å². The number of nitrogens with one attached hydrogen (secondary N) is 2. The first-order chi connectivity index (χ1) is 11.0. The Balaban J connectivity index is 1.85. The summed E-state index contributed by atoms with van der Waals surface area (Å²) in [6.07, 6.45) is 0.869. The van der Waals surface area contributed by atoms with Gasteiger partial charge >= 0.3 is 0 Å². The van der Waals surface area contributed by atoms with Crippen molar-refractivity contribution < 1.29 is 9.59 Å². The maximum Gasteiger partial charge on any atom is 0.236 e. The lowest BCUT2D eigenvalue weighted by Gasteiger charge is -2.04. The van der Waals surface area contributed by atoms with Gasteiger partial charge in [0.2, 0.25) is 11.8 Å². The lowest BCUT2D eigenvalue weighted by Crippen LogP contribution is -2.13. The Morgan fingerprint density at radius 2 is 1.91 bits per heavy atom. The first-order valence-corrected chi connectivity index (χ1v) is 9.04. The summed E-state index contributed by atoms with van der Waals surface area (Å²) < 4.78 is 0. The van der Waals surface area contributed by atoms with Crippen LogP contribution in [0.2, 0.25) is 0 Å². The Hall–Kier alpha value is -1.86. The Kier molecular flexibility index (Phi) is 6.18. The monoisotopic (exact) mass is 349 g/mol. The molecular weight excluding hydrogens is 330 g/mol. The van der Waals surface area contributed by atoms with Gasteiger partial charge in [-0.15, -0.1) is 23.1 Å². The normalized spacial score (nSPS) is 10.4. The molecule has 0 saturated carbocycles. The molecule has 2 aromatic rings. The van der Waals surface area contributed by atoms with Crippen molar-refractivity contribution in [3.05, 3.63) is 34.8 Å². The Morgan fingerprint density at radius 3 is 2.48 bits per heavy atom. The van der Waals surface area contributed by atoms with E-state index in [1.54, 1.807) is 0 Å². The number of rotatable bonds is 6. The minimum atomic E-state index is -0.102. The van der Waals surface area contributed by atoms with Crippen LogP contribution < -0.4 is 10.6 Å². The summed E-state index contributed by atoms with van der Waals surface area (Å²) in [4.78, 5) is 29.5. The van der Waals surface area contributed by atoms with E-state index in [1.165, 1.54) is 30.0 Å². The zero-order valence-corrected chi connectivity index (χ0v) is 14.9. The molecule has 0 aliphatic rings. The standard InChI is InChI=1S/C16H19N3O2S2/c1-4-14-10(2)23-16(18-14)19-15(21)9-22-13-7-5-12(6-8-13)17-11(3)20/h5-8H,4,9H2,1-3H3,(H,17,20)(H,18,19,21). The second kappa shape index (κ2) is 8.12. The topological polar surface area (TPSA) is 71.1 Å². The highest BCUT2D eigenvalue weighted by Gasteiger charge is 2.09. The minimum Gasteiger partial charge on any atom is -0.326 e. The predicted octanol–water partition coefficient (Wildman–Crippen LogP) is 3.70. The van der Waals surface area contributed by atoms with Gasteiger partial charge in [0.1, 0.15) is 0 Å². The van der Waals surface area contributed by atoms with Crippen LogP contribution in [-0.4, -0.2) is 22.6 Å². The Bertz CT molecular complexity index is 696. The van der Waals surface area contributed by atoms with Gasteiger partial charge in [0.25, 0.3) is 0 Å². The van der Waals surface area contributed by atoms with Gasteiger partial charge in [-0.05, 0) is 37.6 Å². The van der Waals surface area contributed by atoms with Crippen LogP contribution in [0.3, 0.4) is 0 Å². The van der Waals surface area contributed by atoms with Crippen LogP contribution in [0.15, 0.2) is 29.2 Å². The Morgan fingerprint density at radius 1 is 1.22 bits per heavy atom. The number of hydrogen-bond acceptors (Lipinski definition) is 5. The van der Waals surface area contributed by atoms with E-state index in [0.717, 1.165) is 27.6 Å². The molecule has 5 nitrogen and oxygen atoms in total. The molecule has 0 aliphatic carbocycles. The zero-order chi connectivity index (χ0) is 16.8. The zero-order valence-electron chi connectivity index (χ0n) is 13.3. The second-order valence-electron chi connectivity index (χ2n) is 4.92. The number of anilines is 2. The van der Waals surface area contributed by atoms with E-state index in [-0.39, 0.29) is 11.8 Å². The molecule has 0 unspecified atom stereocenters. The number of amides is 2. The number of carbonyl (C=O) groups excluding carboxylic acids is 2. The third kappa shape index (κ3) is 5.37. The summed E-state index contributed by atoms with van der Waals surface area (Å²) in [7, 11) is 0. The van der Waals surface area contributed by atoms with Crippen molar-refractivity contribution in [3.8, 4) is 0 Å². The van der Waals surface area contributed by atoms with Crippen LogP contribution in [0.25, 0.3) is 0 Å². The summed E-state index contributed by atoms with van der Waals surface area (Å²) in [6, 6.07) is 7.40. The van der Waals surface area contributed by atoms with Gasteiger partial charge in [0.05, 0.1) is 11.4 Å². The summed E-state index contributed by atoms with van der Waals surface area (Å²) >= 11 is 2.95. The fourth-order valence-corrected chi connectivity index (χ4v) is 3.57. The lowest BCUT2D eigenvalue weighted by atomic mass is 10.3. The molecule has 1 aromatic carbocycles. The van der Waals surface area contributed by atoms with Crippen molar-refractivity contribution in [2.75, 3.05) is 16.4 Å². The van der Waals surface area contributed by atoms with E-state index in [2.05, 4.69) is 15.6 Å². The molecule has 2 N–H and O–H groups in total. The van der Waals surface area contributed by atoms with Crippen molar-refractivity contribution in [1.29, 1.82) is 0 Å². The van der Waals surface area contributed by atoms with E-state index >= 15 is 0 Å². The molecule has 1 heterocycles. The number of aryl methyl sites for hydroxylation is 2. The summed E-state index contributed by atoms with van der Waals surface area (Å²) in [6.45, 7) is 5.53. The average Bonchev–Trinajstić information content (AvgIpc) is 2.85. The fourth-order valence-electron chi connectivity index (χ4n) is 1.95. The highest BCUT2D eigenvalue weighted by atomic mass is 32.2. The third-order valence-electron chi connectivity index (χ3n) is 3.02. The maximum absolute atomic E-state index is 12.0. The number of nitrogens with zero attached hydrogens (tertiary/aromatic N) is 1. The highest BCUT2D eigenvalue weighted by molar-refractivity contribution is 8.00. The van der Waals surface area contributed by atoms with Gasteiger partial charge in [0, 0.05) is 22.4 Å². The van der Waals surface area contributed by atoms with Gasteiger partial charge in [-0.2, -0.15) is 0 Å². The maximum atomic E-state index is 12.0. The number of benzene rings is 1. The number of carbonyl (C=O) groups is 2. The second-order valence-corrected chi connectivity index (χ2v) is 7.17. The van der Waals surface area contributed by atoms with Crippen LogP contribution in [0, 0.1) is 6.92 Å². The van der Waals surface area contributed by atoms with Crippen molar-refractivity contribution in [2.24, 2.45) is 0 Å². The largest absolute Gasteiger partial charge is 0.326 e. The quantitative estimate of drug-likeness (QED) is 0.780. The summed E-state index contributed by atoms with van der Waals surface area (Å²) in [5.74, 6) is 0.145. The van der Waals surface area contributed by atoms with Gasteiger partial charge in [0.15, 0.2) is 5.13 Å². The number of aromatic nitrogens is 1. The van der Waals surface area contributed by atoms with Crippen LogP contribution >= 0.6 is 23.1 Å². The third-order valence-corrected chi connectivity index (χ3v) is 4.96. The van der Waals surface area contributed by atoms with Gasteiger partial charge < -0.3 is 10.6 Å². The summed E-state index contributed by atoms with van der Waals surface area (Å²) in [5, 5.41) is 6.20. The molecule has 1 aromatic heterocycles. The van der Waals surface area contributed by atoms with Crippen molar-refractivity contribution in [2.45, 2.75) is 32.1 Å². The molecule has 7 heteroatoms. The number of thiazole rings is 1. The molecule has 0 aliphatic heterocycles. The molecule has 2 amide bonds. The summed E-state index contributed by atoms with van der Waals surface area (Å²) in [5.41, 5.74) is 1.78. The number of hydrogen-bond donors (Lipinski definition) is 2. The molecule has 2 rings (SSSR count). The molecule has 0 spiro atoms. The SMILES string of the molecule is CCc1nc(NC(=O)CSc2ccc(NC(C)=O)cc2)sc1C. The van der Waals surface area contributed by atoms with Crippen LogP contribution in [-0.2, 0) is 16.0 Å². The predicted molar refractivity (Wildman–Crippen MR) is 96.3 cm³/mol. The molecule has 23 heavy (non-hydrogen) atoms. The van der Waals surface area contributed by atoms with E-state index in [1.807, 2.05) is 38.1 Å². The highest BCUT2D eigenvalue weighted by Crippen LogP contribution is 2.24. The first-order valence-electron chi connectivity index (χ1n) is 7.24. The van der Waals surface area contributed by atoms with Gasteiger partial charge in [-0.1, -0.05) is 6.92 Å². The molecule has 0 fully saturated rings. The number of thioether (sulfide) groups is 1. The van der Waals surface area contributed by atoms with Crippen molar-refractivity contribution >= 4 is 45.7 Å². The van der Waals surface area contributed by atoms with Crippen molar-refractivity contribution in [3.63, 3.8) is 0 Å². The molecule has 0 atom stereocenters. The van der Waals surface area contributed by atoms with Crippen LogP contribution in [0.1, 0.15) is 24.4 Å². The van der Waals surface area contributed by atoms with Crippen LogP contribution in [0.5, 0.6) is 0 Å². The molecule has 0 saturated heterocycles. The van der Waals surface area contributed by atoms with Crippen LogP contribution in [0.4, 0.5) is 10.8 Å². The smallest absolute Gasteiger partial charge is 0.236 e. The van der Waals surface area contributed by atoms with Gasteiger partial charge in [-0.25, -0.2) is 4.98 Å². The molecule has 122 valence electrons. The molecule has 0 bridgehead atoms. The molecule has 0 radical (unpaired) electrons. The van der Waals surface area contributed by atoms with E-state index in [4.69, 9.17) is 0 Å². The molecular formula is C16H19N3O2S2. The average molecular weight is 349 g/mol. The van der Waals surface area contributed by atoms with E-state index in [0.29, 0.717) is 10.9 Å². The van der Waals surface area contributed by atoms with Gasteiger partial charge in [-0.3, -0.25) is 9.59 Å². The lowest BCUT2D eigenvalue weighted by molar-refractivity contribution is -0.114. The van der Waals surface area contributed by atoms with Crippen molar-refractivity contribution in [1.82, 2.24) is 4.98 Å². The minimum absolute atomic E-state index is 0.0719. The fraction of sp³-hybridized carbons (Fsp3) is 0.312. The first kappa shape index (κ1) is 17.5.